The number of urea groups is 1. The Morgan fingerprint density at radius 2 is 1.76 bits per heavy atom. The third kappa shape index (κ3) is 5.69. The van der Waals surface area contributed by atoms with Crippen LogP contribution in [0.4, 0.5) is 22.2 Å². The van der Waals surface area contributed by atoms with Crippen LogP contribution in [0, 0.1) is 0 Å². The molecule has 5 rings (SSSR count). The number of piperazine rings is 1. The molecule has 0 saturated carbocycles. The number of fused-ring (bicyclic) bond motifs is 1. The first-order valence-electron chi connectivity index (χ1n) is 12.7. The molecule has 0 bridgehead atoms. The van der Waals surface area contributed by atoms with E-state index in [9.17, 15) is 4.79 Å². The monoisotopic (exact) mass is 533 g/mol. The molecule has 2 amide bonds. The maximum absolute atomic E-state index is 12.6. The predicted octanol–water partition coefficient (Wildman–Crippen LogP) is 6.06. The number of pyridine rings is 1. The highest BCUT2D eigenvalue weighted by Gasteiger charge is 2.19. The minimum Gasteiger partial charge on any atom is -0.457 e. The van der Waals surface area contributed by atoms with Crippen molar-refractivity contribution in [2.45, 2.75) is 19.8 Å². The summed E-state index contributed by atoms with van der Waals surface area (Å²) in [6, 6.07) is 15.0. The molecule has 0 unspecified atom stereocenters. The maximum Gasteiger partial charge on any atom is 0.323 e. The van der Waals surface area contributed by atoms with Gasteiger partial charge < -0.3 is 24.4 Å². The second-order valence-electron chi connectivity index (χ2n) is 9.86. The number of ether oxygens (including phenoxy) is 1. The number of aryl methyl sites for hydroxylation is 1. The summed E-state index contributed by atoms with van der Waals surface area (Å²) in [6.07, 6.45) is 1.62. The molecule has 4 aromatic rings. The number of carbonyl (C=O) groups is 1. The minimum atomic E-state index is -0.154. The number of imidazole rings is 1. The lowest BCUT2D eigenvalue weighted by molar-refractivity contribution is 0.164. The third-order valence-electron chi connectivity index (χ3n) is 6.72. The number of likely N-dealkylation sites (N-methyl/N-ethyl adjacent to an activating group) is 1. The average Bonchev–Trinajstić information content (AvgIpc) is 3.19. The molecule has 2 aromatic heterocycles. The Morgan fingerprint density at radius 3 is 2.53 bits per heavy atom. The van der Waals surface area contributed by atoms with E-state index in [0.717, 1.165) is 40.4 Å². The highest BCUT2D eigenvalue weighted by Crippen LogP contribution is 2.31. The zero-order chi connectivity index (χ0) is 26.8. The number of rotatable bonds is 6. The molecule has 198 valence electrons. The third-order valence-corrected chi connectivity index (χ3v) is 7.06. The summed E-state index contributed by atoms with van der Waals surface area (Å²) in [5.41, 5.74) is 3.77. The van der Waals surface area contributed by atoms with Crippen molar-refractivity contribution >= 4 is 46.1 Å². The molecule has 9 nitrogen and oxygen atoms in total. The Bertz CT molecular complexity index is 1460. The van der Waals surface area contributed by atoms with Gasteiger partial charge >= 0.3 is 6.03 Å². The highest BCUT2D eigenvalue weighted by molar-refractivity contribution is 6.31. The van der Waals surface area contributed by atoms with Gasteiger partial charge in [-0.3, -0.25) is 5.32 Å². The maximum atomic E-state index is 12.6. The van der Waals surface area contributed by atoms with E-state index in [0.29, 0.717) is 42.3 Å². The molecule has 2 N–H and O–H groups in total. The second-order valence-corrected chi connectivity index (χ2v) is 10.3. The summed E-state index contributed by atoms with van der Waals surface area (Å²) in [7, 11) is 4.02. The molecular weight excluding hydrogens is 502 g/mol. The number of hydrogen-bond donors (Lipinski definition) is 2. The fourth-order valence-corrected chi connectivity index (χ4v) is 4.76. The van der Waals surface area contributed by atoms with Crippen molar-refractivity contribution in [3.8, 4) is 11.5 Å². The van der Waals surface area contributed by atoms with E-state index in [2.05, 4.69) is 47.5 Å². The molecule has 1 fully saturated rings. The summed E-state index contributed by atoms with van der Waals surface area (Å²) in [6.45, 7) is 7.34. The first kappa shape index (κ1) is 25.8. The van der Waals surface area contributed by atoms with Gasteiger partial charge in [-0.2, -0.15) is 0 Å². The van der Waals surface area contributed by atoms with E-state index >= 15 is 0 Å². The summed E-state index contributed by atoms with van der Waals surface area (Å²) in [4.78, 5) is 25.7. The van der Waals surface area contributed by atoms with Crippen molar-refractivity contribution in [1.82, 2.24) is 24.3 Å². The van der Waals surface area contributed by atoms with Crippen LogP contribution in [-0.2, 0) is 7.05 Å². The lowest BCUT2D eigenvalue weighted by atomic mass is 10.0. The van der Waals surface area contributed by atoms with Crippen LogP contribution in [0.3, 0.4) is 0 Å². The van der Waals surface area contributed by atoms with E-state index in [1.165, 1.54) is 0 Å². The zero-order valence-electron chi connectivity index (χ0n) is 22.0. The van der Waals surface area contributed by atoms with E-state index in [1.54, 1.807) is 23.2 Å². The smallest absolute Gasteiger partial charge is 0.323 e. The molecule has 0 spiro atoms. The Morgan fingerprint density at radius 1 is 1.00 bits per heavy atom. The predicted molar refractivity (Wildman–Crippen MR) is 152 cm³/mol. The lowest BCUT2D eigenvalue weighted by Crippen LogP contribution is -2.48. The largest absolute Gasteiger partial charge is 0.457 e. The molecule has 1 aliphatic rings. The van der Waals surface area contributed by atoms with Crippen LogP contribution in [0.15, 0.2) is 54.7 Å². The van der Waals surface area contributed by atoms with Gasteiger partial charge in [-0.1, -0.05) is 25.4 Å². The number of benzene rings is 2. The van der Waals surface area contributed by atoms with Gasteiger partial charge in [-0.25, -0.2) is 14.8 Å². The van der Waals surface area contributed by atoms with E-state index < -0.39 is 0 Å². The van der Waals surface area contributed by atoms with E-state index in [-0.39, 0.29) is 6.03 Å². The SMILES string of the molecule is CC(C)c1cc(Nc2nc3cc(Oc4ccnc(NC(=O)N5CCN(C)CC5)c4)ccc3n2C)ccc1Cl. The van der Waals surface area contributed by atoms with Crippen LogP contribution in [0.25, 0.3) is 11.0 Å². The van der Waals surface area contributed by atoms with Crippen molar-refractivity contribution in [2.24, 2.45) is 7.05 Å². The first-order valence-corrected chi connectivity index (χ1v) is 13.1. The van der Waals surface area contributed by atoms with Gasteiger partial charge in [0.1, 0.15) is 17.3 Å². The molecule has 1 saturated heterocycles. The van der Waals surface area contributed by atoms with Crippen molar-refractivity contribution in [3.05, 3.63) is 65.3 Å². The van der Waals surface area contributed by atoms with Crippen LogP contribution in [0.5, 0.6) is 11.5 Å². The van der Waals surface area contributed by atoms with Crippen molar-refractivity contribution in [2.75, 3.05) is 43.9 Å². The van der Waals surface area contributed by atoms with Gasteiger partial charge in [0, 0.05) is 62.3 Å². The molecule has 0 atom stereocenters. The van der Waals surface area contributed by atoms with Gasteiger partial charge in [0.2, 0.25) is 5.95 Å². The fourth-order valence-electron chi connectivity index (χ4n) is 4.43. The summed E-state index contributed by atoms with van der Waals surface area (Å²) >= 11 is 6.36. The quantitative estimate of drug-likeness (QED) is 0.313. The van der Waals surface area contributed by atoms with Crippen molar-refractivity contribution in [3.63, 3.8) is 0 Å². The number of anilines is 3. The minimum absolute atomic E-state index is 0.154. The molecule has 1 aliphatic heterocycles. The number of carbonyl (C=O) groups excluding carboxylic acids is 1. The van der Waals surface area contributed by atoms with E-state index in [4.69, 9.17) is 21.3 Å². The first-order chi connectivity index (χ1) is 18.3. The number of nitrogens with one attached hydrogen (secondary N) is 2. The number of hydrogen-bond acceptors (Lipinski definition) is 6. The van der Waals surface area contributed by atoms with Gasteiger partial charge in [-0.15, -0.1) is 0 Å². The normalized spacial score (nSPS) is 14.2. The van der Waals surface area contributed by atoms with Crippen molar-refractivity contribution in [1.29, 1.82) is 0 Å². The van der Waals surface area contributed by atoms with E-state index in [1.807, 2.05) is 41.9 Å². The molecule has 2 aromatic carbocycles. The number of amides is 2. The molecule has 3 heterocycles. The van der Waals surface area contributed by atoms with Crippen LogP contribution >= 0.6 is 11.6 Å². The second kappa shape index (κ2) is 10.9. The Balaban J connectivity index is 1.30. The van der Waals surface area contributed by atoms with Crippen LogP contribution in [-0.4, -0.2) is 63.6 Å². The molecule has 0 aliphatic carbocycles. The molecule has 38 heavy (non-hydrogen) atoms. The van der Waals surface area contributed by atoms with Crippen LogP contribution in [0.1, 0.15) is 25.3 Å². The topological polar surface area (TPSA) is 87.6 Å². The molecule has 0 radical (unpaired) electrons. The number of nitrogens with zero attached hydrogens (tertiary/aromatic N) is 5. The summed E-state index contributed by atoms with van der Waals surface area (Å²) in [5, 5.41) is 7.04. The Kier molecular flexibility index (Phi) is 7.40. The summed E-state index contributed by atoms with van der Waals surface area (Å²) in [5.74, 6) is 2.69. The van der Waals surface area contributed by atoms with Gasteiger partial charge in [0.05, 0.1) is 11.0 Å². The molecule has 10 heteroatoms. The Hall–Kier alpha value is -3.82. The van der Waals surface area contributed by atoms with Crippen LogP contribution in [0.2, 0.25) is 5.02 Å². The zero-order valence-corrected chi connectivity index (χ0v) is 22.8. The van der Waals surface area contributed by atoms with Gasteiger partial charge in [0.15, 0.2) is 0 Å². The lowest BCUT2D eigenvalue weighted by Gasteiger charge is -2.32. The standard InChI is InChI=1S/C28H32ClN7O2/c1-18(2)22-15-19(5-7-23(22)29)31-27-32-24-16-20(6-8-25(24)35(27)4)38-21-9-10-30-26(17-21)33-28(37)36-13-11-34(3)12-14-36/h5-10,15-18H,11-14H2,1-4H3,(H,31,32)(H,30,33,37). The molecular formula is C28H32ClN7O2. The average molecular weight is 534 g/mol. The fraction of sp³-hybridized carbons (Fsp3) is 0.321. The highest BCUT2D eigenvalue weighted by atomic mass is 35.5. The van der Waals surface area contributed by atoms with Crippen molar-refractivity contribution < 1.29 is 9.53 Å². The van der Waals surface area contributed by atoms with Gasteiger partial charge in [0.25, 0.3) is 0 Å². The van der Waals surface area contributed by atoms with Crippen LogP contribution < -0.4 is 15.4 Å². The van der Waals surface area contributed by atoms with Gasteiger partial charge in [-0.05, 0) is 54.9 Å². The Labute approximate surface area is 227 Å². The number of aromatic nitrogens is 3. The number of halogens is 1. The summed E-state index contributed by atoms with van der Waals surface area (Å²) < 4.78 is 8.10.